The predicted octanol–water partition coefficient (Wildman–Crippen LogP) is 1.93. The van der Waals surface area contributed by atoms with Crippen LogP contribution in [0.4, 0.5) is 5.69 Å². The number of nitrogens with two attached hydrogens (primary N) is 1. The topological polar surface area (TPSA) is 63.3 Å². The Kier molecular flexibility index (Phi) is 2.24. The average Bonchev–Trinajstić information content (AvgIpc) is 1.96. The van der Waals surface area contributed by atoms with E-state index in [1.165, 1.54) is 12.1 Å². The Hall–Kier alpha value is -1.22. The summed E-state index contributed by atoms with van der Waals surface area (Å²) in [6, 6.07) is 2.90. The molecule has 0 saturated carbocycles. The predicted molar refractivity (Wildman–Crippen MR) is 47.6 cm³/mol. The van der Waals surface area contributed by atoms with Crippen molar-refractivity contribution in [2.75, 3.05) is 5.73 Å². The molecular formula is C8H8ClNO2. The zero-order chi connectivity index (χ0) is 9.30. The molecule has 0 spiro atoms. The lowest BCUT2D eigenvalue weighted by molar-refractivity contribution is 0.0697. The van der Waals surface area contributed by atoms with Crippen molar-refractivity contribution in [1.29, 1.82) is 0 Å². The third-order valence-electron chi connectivity index (χ3n) is 1.59. The fraction of sp³-hybridized carbons (Fsp3) is 0.125. The molecule has 64 valence electrons. The minimum Gasteiger partial charge on any atom is -0.478 e. The van der Waals surface area contributed by atoms with Gasteiger partial charge in [-0.2, -0.15) is 0 Å². The number of benzene rings is 1. The van der Waals surface area contributed by atoms with Crippen molar-refractivity contribution in [3.63, 3.8) is 0 Å². The zero-order valence-corrected chi connectivity index (χ0v) is 7.22. The molecule has 0 amide bonds. The molecule has 1 aromatic carbocycles. The van der Waals surface area contributed by atoms with Crippen LogP contribution >= 0.6 is 11.6 Å². The molecule has 1 rings (SSSR count). The molecule has 4 heteroatoms. The van der Waals surface area contributed by atoms with Gasteiger partial charge in [0, 0.05) is 5.69 Å². The molecule has 0 unspecified atom stereocenters. The Labute approximate surface area is 74.8 Å². The van der Waals surface area contributed by atoms with E-state index in [9.17, 15) is 4.79 Å². The number of aromatic carboxylic acids is 1. The standard InChI is InChI=1S/C8H8ClNO2/c1-4-2-5(8(11)12)6(9)3-7(4)10/h2-3H,10H2,1H3,(H,11,12). The van der Waals surface area contributed by atoms with E-state index in [2.05, 4.69) is 0 Å². The Balaban J connectivity index is 3.33. The van der Waals surface area contributed by atoms with Crippen molar-refractivity contribution in [2.24, 2.45) is 0 Å². The van der Waals surface area contributed by atoms with Gasteiger partial charge in [-0.15, -0.1) is 0 Å². The Morgan fingerprint density at radius 2 is 2.17 bits per heavy atom. The number of carboxylic acid groups (broad SMARTS) is 1. The van der Waals surface area contributed by atoms with Crippen LogP contribution in [-0.2, 0) is 0 Å². The SMILES string of the molecule is Cc1cc(C(=O)O)c(Cl)cc1N. The van der Waals surface area contributed by atoms with Crippen molar-refractivity contribution in [2.45, 2.75) is 6.92 Å². The molecule has 0 aromatic heterocycles. The number of anilines is 1. The van der Waals surface area contributed by atoms with Crippen LogP contribution in [0, 0.1) is 6.92 Å². The number of carbonyl (C=O) groups is 1. The maximum Gasteiger partial charge on any atom is 0.337 e. The van der Waals surface area contributed by atoms with Gasteiger partial charge in [0.15, 0.2) is 0 Å². The quantitative estimate of drug-likeness (QED) is 0.658. The van der Waals surface area contributed by atoms with E-state index in [1.807, 2.05) is 0 Å². The molecule has 12 heavy (non-hydrogen) atoms. The highest BCUT2D eigenvalue weighted by Gasteiger charge is 2.09. The third-order valence-corrected chi connectivity index (χ3v) is 1.90. The summed E-state index contributed by atoms with van der Waals surface area (Å²) in [6.45, 7) is 1.73. The monoisotopic (exact) mass is 185 g/mol. The summed E-state index contributed by atoms with van der Waals surface area (Å²) < 4.78 is 0. The number of hydrogen-bond donors (Lipinski definition) is 2. The molecule has 3 nitrogen and oxygen atoms in total. The average molecular weight is 186 g/mol. The number of halogens is 1. The van der Waals surface area contributed by atoms with Crippen molar-refractivity contribution in [1.82, 2.24) is 0 Å². The molecular weight excluding hydrogens is 178 g/mol. The molecule has 0 saturated heterocycles. The van der Waals surface area contributed by atoms with Gasteiger partial charge in [0.25, 0.3) is 0 Å². The molecule has 0 aliphatic rings. The summed E-state index contributed by atoms with van der Waals surface area (Å²) in [5.41, 5.74) is 6.82. The van der Waals surface area contributed by atoms with E-state index in [0.29, 0.717) is 5.69 Å². The normalized spacial score (nSPS) is 9.83. The van der Waals surface area contributed by atoms with Gasteiger partial charge in [-0.05, 0) is 24.6 Å². The van der Waals surface area contributed by atoms with Crippen molar-refractivity contribution >= 4 is 23.3 Å². The van der Waals surface area contributed by atoms with Crippen molar-refractivity contribution in [3.8, 4) is 0 Å². The minimum atomic E-state index is -1.04. The lowest BCUT2D eigenvalue weighted by Crippen LogP contribution is -2.00. The second-order valence-corrected chi connectivity index (χ2v) is 2.90. The van der Waals surface area contributed by atoms with Crippen LogP contribution in [0.1, 0.15) is 15.9 Å². The highest BCUT2D eigenvalue weighted by Crippen LogP contribution is 2.22. The molecule has 0 bridgehead atoms. The summed E-state index contributed by atoms with van der Waals surface area (Å²) in [7, 11) is 0. The van der Waals surface area contributed by atoms with Crippen LogP contribution in [0.2, 0.25) is 5.02 Å². The van der Waals surface area contributed by atoms with Gasteiger partial charge in [0.05, 0.1) is 10.6 Å². The summed E-state index contributed by atoms with van der Waals surface area (Å²) >= 11 is 5.64. The van der Waals surface area contributed by atoms with E-state index >= 15 is 0 Å². The third kappa shape index (κ3) is 1.51. The lowest BCUT2D eigenvalue weighted by atomic mass is 10.1. The zero-order valence-electron chi connectivity index (χ0n) is 6.47. The van der Waals surface area contributed by atoms with E-state index < -0.39 is 5.97 Å². The molecule has 0 heterocycles. The largest absolute Gasteiger partial charge is 0.478 e. The first-order valence-electron chi connectivity index (χ1n) is 3.31. The molecule has 0 aliphatic carbocycles. The highest BCUT2D eigenvalue weighted by molar-refractivity contribution is 6.33. The van der Waals surface area contributed by atoms with Gasteiger partial charge in [-0.3, -0.25) is 0 Å². The van der Waals surface area contributed by atoms with Crippen LogP contribution < -0.4 is 5.73 Å². The van der Waals surface area contributed by atoms with Crippen LogP contribution in [0.3, 0.4) is 0 Å². The van der Waals surface area contributed by atoms with Gasteiger partial charge in [-0.25, -0.2) is 4.79 Å². The first-order valence-corrected chi connectivity index (χ1v) is 3.69. The van der Waals surface area contributed by atoms with Crippen molar-refractivity contribution < 1.29 is 9.90 Å². The molecule has 1 aromatic rings. The number of hydrogen-bond acceptors (Lipinski definition) is 2. The number of aryl methyl sites for hydroxylation is 1. The van der Waals surface area contributed by atoms with Gasteiger partial charge in [0.2, 0.25) is 0 Å². The van der Waals surface area contributed by atoms with Gasteiger partial charge in [0.1, 0.15) is 0 Å². The second kappa shape index (κ2) is 3.03. The number of nitrogen functional groups attached to an aromatic ring is 1. The molecule has 3 N–H and O–H groups in total. The fourth-order valence-electron chi connectivity index (χ4n) is 0.861. The highest BCUT2D eigenvalue weighted by atomic mass is 35.5. The fourth-order valence-corrected chi connectivity index (χ4v) is 1.11. The summed E-state index contributed by atoms with van der Waals surface area (Å²) in [5.74, 6) is -1.04. The van der Waals surface area contributed by atoms with Crippen molar-refractivity contribution in [3.05, 3.63) is 28.3 Å². The van der Waals surface area contributed by atoms with E-state index in [4.69, 9.17) is 22.4 Å². The summed E-state index contributed by atoms with van der Waals surface area (Å²) in [6.07, 6.45) is 0. The van der Waals surface area contributed by atoms with Crippen LogP contribution in [0.5, 0.6) is 0 Å². The van der Waals surface area contributed by atoms with Crippen LogP contribution in [0.25, 0.3) is 0 Å². The van der Waals surface area contributed by atoms with E-state index in [1.54, 1.807) is 6.92 Å². The number of rotatable bonds is 1. The molecule has 0 radical (unpaired) electrons. The van der Waals surface area contributed by atoms with E-state index in [-0.39, 0.29) is 10.6 Å². The first-order chi connectivity index (χ1) is 5.52. The Morgan fingerprint density at radius 3 is 2.67 bits per heavy atom. The second-order valence-electron chi connectivity index (χ2n) is 2.49. The maximum absolute atomic E-state index is 10.6. The first kappa shape index (κ1) is 8.87. The summed E-state index contributed by atoms with van der Waals surface area (Å²) in [5, 5.41) is 8.83. The maximum atomic E-state index is 10.6. The van der Waals surface area contributed by atoms with Gasteiger partial charge < -0.3 is 10.8 Å². The molecule has 0 atom stereocenters. The van der Waals surface area contributed by atoms with Crippen LogP contribution in [-0.4, -0.2) is 11.1 Å². The van der Waals surface area contributed by atoms with Gasteiger partial charge in [-0.1, -0.05) is 11.6 Å². The Morgan fingerprint density at radius 1 is 1.58 bits per heavy atom. The molecule has 0 fully saturated rings. The van der Waals surface area contributed by atoms with Crippen LogP contribution in [0.15, 0.2) is 12.1 Å². The lowest BCUT2D eigenvalue weighted by Gasteiger charge is -2.03. The molecule has 0 aliphatic heterocycles. The number of carboxylic acids is 1. The minimum absolute atomic E-state index is 0.0865. The van der Waals surface area contributed by atoms with E-state index in [0.717, 1.165) is 5.56 Å². The smallest absolute Gasteiger partial charge is 0.337 e. The summed E-state index contributed by atoms with van der Waals surface area (Å²) in [4.78, 5) is 10.6. The van der Waals surface area contributed by atoms with Gasteiger partial charge >= 0.3 is 5.97 Å². The Bertz CT molecular complexity index is 336.